The Morgan fingerprint density at radius 1 is 1.32 bits per heavy atom. The Labute approximate surface area is 122 Å². The van der Waals surface area contributed by atoms with Crippen LogP contribution in [0.5, 0.6) is 5.75 Å². The zero-order valence-electron chi connectivity index (χ0n) is 10.3. The summed E-state index contributed by atoms with van der Waals surface area (Å²) in [7, 11) is 0. The van der Waals surface area contributed by atoms with Gasteiger partial charge in [-0.25, -0.2) is 0 Å². The summed E-state index contributed by atoms with van der Waals surface area (Å²) in [5, 5.41) is 3.90. The summed E-state index contributed by atoms with van der Waals surface area (Å²) in [4.78, 5) is 11.8. The summed E-state index contributed by atoms with van der Waals surface area (Å²) in [6.45, 7) is 4.09. The summed E-state index contributed by atoms with van der Waals surface area (Å²) in [6.07, 6.45) is 2.95. The average Bonchev–Trinajstić information content (AvgIpc) is 2.27. The summed E-state index contributed by atoms with van der Waals surface area (Å²) in [5.41, 5.74) is 0.234. The molecule has 3 fully saturated rings. The highest BCUT2D eigenvalue weighted by molar-refractivity contribution is 6.42. The van der Waals surface area contributed by atoms with E-state index in [1.54, 1.807) is 18.2 Å². The summed E-state index contributed by atoms with van der Waals surface area (Å²) in [5.74, 6) is 0.434. The van der Waals surface area contributed by atoms with Gasteiger partial charge in [0, 0.05) is 11.6 Å². The number of hydrogen-bond acceptors (Lipinski definition) is 2. The number of benzene rings is 1. The molecular weight excluding hydrogens is 285 g/mol. The molecule has 2 bridgehead atoms. The Balaban J connectivity index is 1.49. The zero-order chi connectivity index (χ0) is 13.7. The molecule has 0 unspecified atom stereocenters. The van der Waals surface area contributed by atoms with E-state index in [2.05, 4.69) is 12.2 Å². The molecule has 4 rings (SSSR count). The monoisotopic (exact) mass is 298 g/mol. The maximum absolute atomic E-state index is 11.8. The van der Waals surface area contributed by atoms with Crippen molar-refractivity contribution in [2.75, 3.05) is 6.61 Å². The van der Waals surface area contributed by atoms with Crippen molar-refractivity contribution in [3.63, 3.8) is 0 Å². The lowest BCUT2D eigenvalue weighted by atomic mass is 9.40. The molecule has 0 heterocycles. The van der Waals surface area contributed by atoms with E-state index in [1.165, 1.54) is 0 Å². The van der Waals surface area contributed by atoms with Crippen molar-refractivity contribution in [2.45, 2.75) is 24.8 Å². The van der Waals surface area contributed by atoms with Crippen LogP contribution in [0, 0.1) is 12.3 Å². The Bertz CT molecular complexity index is 524. The number of halogens is 2. The van der Waals surface area contributed by atoms with Crippen molar-refractivity contribution in [3.05, 3.63) is 35.2 Å². The Morgan fingerprint density at radius 2 is 2.00 bits per heavy atom. The van der Waals surface area contributed by atoms with Crippen LogP contribution in [0.3, 0.4) is 0 Å². The Hall–Kier alpha value is -0.930. The van der Waals surface area contributed by atoms with Crippen molar-refractivity contribution >= 4 is 29.1 Å². The van der Waals surface area contributed by atoms with Crippen LogP contribution in [0.2, 0.25) is 10.0 Å². The molecule has 1 N–H and O–H groups in total. The van der Waals surface area contributed by atoms with Crippen molar-refractivity contribution in [2.24, 2.45) is 5.41 Å². The van der Waals surface area contributed by atoms with Gasteiger partial charge in [0.1, 0.15) is 5.75 Å². The third kappa shape index (κ3) is 2.41. The fourth-order valence-corrected chi connectivity index (χ4v) is 3.47. The van der Waals surface area contributed by atoms with E-state index in [0.29, 0.717) is 15.8 Å². The molecule has 0 atom stereocenters. The average molecular weight is 299 g/mol. The number of nitrogens with one attached hydrogen (secondary N) is 1. The highest BCUT2D eigenvalue weighted by atomic mass is 35.5. The van der Waals surface area contributed by atoms with Crippen LogP contribution in [-0.2, 0) is 4.79 Å². The molecule has 19 heavy (non-hydrogen) atoms. The topological polar surface area (TPSA) is 38.3 Å². The minimum Gasteiger partial charge on any atom is -0.484 e. The maximum Gasteiger partial charge on any atom is 0.258 e. The molecule has 0 aliphatic heterocycles. The van der Waals surface area contributed by atoms with E-state index in [4.69, 9.17) is 27.9 Å². The summed E-state index contributed by atoms with van der Waals surface area (Å²) >= 11 is 11.7. The zero-order valence-corrected chi connectivity index (χ0v) is 11.9. The van der Waals surface area contributed by atoms with Crippen LogP contribution in [0.25, 0.3) is 0 Å². The minimum atomic E-state index is -0.104. The highest BCUT2D eigenvalue weighted by Crippen LogP contribution is 2.66. The van der Waals surface area contributed by atoms with Crippen molar-refractivity contribution in [3.8, 4) is 5.75 Å². The number of rotatable bonds is 4. The van der Waals surface area contributed by atoms with Crippen LogP contribution >= 0.6 is 23.2 Å². The van der Waals surface area contributed by atoms with Gasteiger partial charge in [-0.1, -0.05) is 23.2 Å². The Morgan fingerprint density at radius 3 is 2.58 bits per heavy atom. The van der Waals surface area contributed by atoms with Crippen LogP contribution < -0.4 is 10.1 Å². The SMILES string of the molecule is [CH2]C12CC(NC(=O)COc3ccc(Cl)c(Cl)c3)(C1)C2. The van der Waals surface area contributed by atoms with Gasteiger partial charge in [-0.2, -0.15) is 0 Å². The van der Waals surface area contributed by atoms with E-state index in [1.807, 2.05) is 0 Å². The van der Waals surface area contributed by atoms with Crippen LogP contribution in [0.1, 0.15) is 19.3 Å². The molecule has 0 aromatic heterocycles. The number of carbonyl (C=O) groups excluding carboxylic acids is 1. The maximum atomic E-state index is 11.8. The number of carbonyl (C=O) groups is 1. The first-order chi connectivity index (χ1) is 8.90. The van der Waals surface area contributed by atoms with Gasteiger partial charge in [-0.05, 0) is 43.7 Å². The molecule has 3 aliphatic carbocycles. The second kappa shape index (κ2) is 4.29. The highest BCUT2D eigenvalue weighted by Gasteiger charge is 2.65. The van der Waals surface area contributed by atoms with E-state index < -0.39 is 0 Å². The molecule has 1 aromatic rings. The van der Waals surface area contributed by atoms with E-state index in [9.17, 15) is 4.79 Å². The normalized spacial score (nSPS) is 31.1. The molecule has 1 amide bonds. The third-order valence-electron chi connectivity index (χ3n) is 3.81. The fourth-order valence-electron chi connectivity index (χ4n) is 3.18. The lowest BCUT2D eigenvalue weighted by Gasteiger charge is -2.69. The van der Waals surface area contributed by atoms with Gasteiger partial charge in [-0.3, -0.25) is 4.79 Å². The van der Waals surface area contributed by atoms with Crippen molar-refractivity contribution in [1.82, 2.24) is 5.32 Å². The third-order valence-corrected chi connectivity index (χ3v) is 4.54. The molecule has 3 saturated carbocycles. The lowest BCUT2D eigenvalue weighted by Crippen LogP contribution is -2.74. The molecule has 0 spiro atoms. The first kappa shape index (κ1) is 13.1. The van der Waals surface area contributed by atoms with E-state index in [0.717, 1.165) is 19.3 Å². The molecular formula is C14H14Cl2NO2. The van der Waals surface area contributed by atoms with Crippen LogP contribution in [0.4, 0.5) is 0 Å². The van der Waals surface area contributed by atoms with Gasteiger partial charge in [0.25, 0.3) is 5.91 Å². The van der Waals surface area contributed by atoms with Crippen molar-refractivity contribution in [1.29, 1.82) is 0 Å². The van der Waals surface area contributed by atoms with Gasteiger partial charge in [0.2, 0.25) is 0 Å². The second-order valence-corrected chi connectivity index (χ2v) is 6.54. The summed E-state index contributed by atoms with van der Waals surface area (Å²) < 4.78 is 5.39. The Kier molecular flexibility index (Phi) is 2.95. The predicted molar refractivity (Wildman–Crippen MR) is 74.5 cm³/mol. The minimum absolute atomic E-state index is 0.000164. The second-order valence-electron chi connectivity index (χ2n) is 5.72. The fraction of sp³-hybridized carbons (Fsp3) is 0.429. The predicted octanol–water partition coefficient (Wildman–Crippen LogP) is 3.25. The van der Waals surface area contributed by atoms with Gasteiger partial charge in [0.15, 0.2) is 6.61 Å². The molecule has 3 aliphatic rings. The number of hydrogen-bond donors (Lipinski definition) is 1. The van der Waals surface area contributed by atoms with Gasteiger partial charge in [0.05, 0.1) is 10.0 Å². The van der Waals surface area contributed by atoms with Gasteiger partial charge in [-0.15, -0.1) is 0 Å². The van der Waals surface area contributed by atoms with E-state index >= 15 is 0 Å². The first-order valence-electron chi connectivity index (χ1n) is 6.14. The standard InChI is InChI=1S/C14H14Cl2NO2/c1-13-6-14(7-13,8-13)17-12(18)5-19-9-2-3-10(15)11(16)4-9/h2-4H,1,5-8H2,(H,17,18). The van der Waals surface area contributed by atoms with E-state index in [-0.39, 0.29) is 23.5 Å². The smallest absolute Gasteiger partial charge is 0.258 e. The molecule has 101 valence electrons. The van der Waals surface area contributed by atoms with Crippen LogP contribution in [-0.4, -0.2) is 18.1 Å². The largest absolute Gasteiger partial charge is 0.484 e. The number of ether oxygens (including phenoxy) is 1. The van der Waals surface area contributed by atoms with Gasteiger partial charge >= 0.3 is 0 Å². The number of amides is 1. The molecule has 1 radical (unpaired) electrons. The van der Waals surface area contributed by atoms with Crippen molar-refractivity contribution < 1.29 is 9.53 Å². The quantitative estimate of drug-likeness (QED) is 0.927. The van der Waals surface area contributed by atoms with Gasteiger partial charge < -0.3 is 10.1 Å². The first-order valence-corrected chi connectivity index (χ1v) is 6.90. The van der Waals surface area contributed by atoms with Crippen LogP contribution in [0.15, 0.2) is 18.2 Å². The molecule has 3 nitrogen and oxygen atoms in total. The molecule has 1 aromatic carbocycles. The molecule has 5 heteroatoms. The lowest BCUT2D eigenvalue weighted by molar-refractivity contribution is -0.148. The molecule has 0 saturated heterocycles. The summed E-state index contributed by atoms with van der Waals surface area (Å²) in [6, 6.07) is 4.93.